The lowest BCUT2D eigenvalue weighted by atomic mass is 9.85. The van der Waals surface area contributed by atoms with E-state index in [-0.39, 0.29) is 5.41 Å². The lowest BCUT2D eigenvalue weighted by Gasteiger charge is -2.29. The highest BCUT2D eigenvalue weighted by Gasteiger charge is 2.24. The van der Waals surface area contributed by atoms with E-state index >= 15 is 0 Å². The van der Waals surface area contributed by atoms with Crippen molar-refractivity contribution in [2.45, 2.75) is 47.5 Å². The van der Waals surface area contributed by atoms with E-state index in [1.54, 1.807) is 0 Å². The molecule has 0 N–H and O–H groups in total. The van der Waals surface area contributed by atoms with E-state index in [0.717, 1.165) is 32.3 Å². The molecule has 0 aromatic rings. The molecule has 0 aromatic heterocycles. The van der Waals surface area contributed by atoms with Crippen molar-refractivity contribution in [3.63, 3.8) is 0 Å². The molecule has 0 heterocycles. The Balaban J connectivity index is 4.01. The molecule has 0 bridgehead atoms. The predicted molar refractivity (Wildman–Crippen MR) is 65.2 cm³/mol. The SMILES string of the molecule is CCOCC(C)(CCC(C)C)COCC. The van der Waals surface area contributed by atoms with Crippen molar-refractivity contribution >= 4 is 0 Å². The predicted octanol–water partition coefficient (Wildman–Crippen LogP) is 3.50. The van der Waals surface area contributed by atoms with Crippen LogP contribution >= 0.6 is 0 Å². The Morgan fingerprint density at radius 3 is 1.80 bits per heavy atom. The first kappa shape index (κ1) is 14.9. The highest BCUT2D eigenvalue weighted by molar-refractivity contribution is 4.74. The molecule has 0 rings (SSSR count). The van der Waals surface area contributed by atoms with Crippen LogP contribution in [0.1, 0.15) is 47.5 Å². The summed E-state index contributed by atoms with van der Waals surface area (Å²) < 4.78 is 11.1. The Morgan fingerprint density at radius 1 is 1.00 bits per heavy atom. The van der Waals surface area contributed by atoms with E-state index in [0.29, 0.717) is 0 Å². The summed E-state index contributed by atoms with van der Waals surface area (Å²) in [4.78, 5) is 0. The zero-order valence-corrected chi connectivity index (χ0v) is 11.1. The molecular formula is C13H28O2. The minimum Gasteiger partial charge on any atom is -0.381 e. The van der Waals surface area contributed by atoms with Gasteiger partial charge < -0.3 is 9.47 Å². The molecule has 0 saturated heterocycles. The van der Waals surface area contributed by atoms with E-state index in [4.69, 9.17) is 9.47 Å². The molecule has 0 aromatic carbocycles. The second kappa shape index (κ2) is 8.12. The third kappa shape index (κ3) is 7.80. The fraction of sp³-hybridized carbons (Fsp3) is 1.00. The average Bonchev–Trinajstić information content (AvgIpc) is 2.21. The maximum Gasteiger partial charge on any atom is 0.0541 e. The van der Waals surface area contributed by atoms with Crippen molar-refractivity contribution in [1.82, 2.24) is 0 Å². The molecule has 0 fully saturated rings. The van der Waals surface area contributed by atoms with E-state index < -0.39 is 0 Å². The standard InChI is InChI=1S/C13H28O2/c1-6-14-10-13(5,11-15-7-2)9-8-12(3)4/h12H,6-11H2,1-5H3. The molecule has 0 unspecified atom stereocenters. The van der Waals surface area contributed by atoms with Crippen molar-refractivity contribution in [2.75, 3.05) is 26.4 Å². The highest BCUT2D eigenvalue weighted by atomic mass is 16.5. The van der Waals surface area contributed by atoms with Gasteiger partial charge >= 0.3 is 0 Å². The van der Waals surface area contributed by atoms with Gasteiger partial charge in [0.05, 0.1) is 13.2 Å². The van der Waals surface area contributed by atoms with Gasteiger partial charge in [-0.25, -0.2) is 0 Å². The van der Waals surface area contributed by atoms with Crippen molar-refractivity contribution in [3.8, 4) is 0 Å². The van der Waals surface area contributed by atoms with Gasteiger partial charge in [0.1, 0.15) is 0 Å². The maximum atomic E-state index is 5.55. The summed E-state index contributed by atoms with van der Waals surface area (Å²) in [6, 6.07) is 0. The summed E-state index contributed by atoms with van der Waals surface area (Å²) in [5.41, 5.74) is 0.191. The van der Waals surface area contributed by atoms with Crippen molar-refractivity contribution in [1.29, 1.82) is 0 Å². The minimum atomic E-state index is 0.191. The summed E-state index contributed by atoms with van der Waals surface area (Å²) in [6.07, 6.45) is 2.43. The lowest BCUT2D eigenvalue weighted by molar-refractivity contribution is -0.0134. The van der Waals surface area contributed by atoms with E-state index in [1.165, 1.54) is 12.8 Å². The van der Waals surface area contributed by atoms with Gasteiger partial charge in [-0.3, -0.25) is 0 Å². The summed E-state index contributed by atoms with van der Waals surface area (Å²) >= 11 is 0. The van der Waals surface area contributed by atoms with Gasteiger partial charge in [0.25, 0.3) is 0 Å². The molecule has 0 radical (unpaired) electrons. The normalized spacial score (nSPS) is 12.4. The lowest BCUT2D eigenvalue weighted by Crippen LogP contribution is -2.29. The average molecular weight is 216 g/mol. The van der Waals surface area contributed by atoms with Gasteiger partial charge in [0.15, 0.2) is 0 Å². The quantitative estimate of drug-likeness (QED) is 0.587. The Hall–Kier alpha value is -0.0800. The fourth-order valence-corrected chi connectivity index (χ4v) is 1.52. The van der Waals surface area contributed by atoms with Gasteiger partial charge in [0.2, 0.25) is 0 Å². The van der Waals surface area contributed by atoms with E-state index in [1.807, 2.05) is 13.8 Å². The molecule has 0 saturated carbocycles. The number of hydrogen-bond acceptors (Lipinski definition) is 2. The molecule has 0 spiro atoms. The molecule has 0 amide bonds. The first-order chi connectivity index (χ1) is 7.04. The van der Waals surface area contributed by atoms with Crippen molar-refractivity contribution < 1.29 is 9.47 Å². The fourth-order valence-electron chi connectivity index (χ4n) is 1.52. The van der Waals surface area contributed by atoms with E-state index in [9.17, 15) is 0 Å². The third-order valence-corrected chi connectivity index (χ3v) is 2.63. The number of ether oxygens (including phenoxy) is 2. The second-order valence-electron chi connectivity index (χ2n) is 5.02. The smallest absolute Gasteiger partial charge is 0.0541 e. The molecule has 0 aliphatic carbocycles. The third-order valence-electron chi connectivity index (χ3n) is 2.63. The Labute approximate surface area is 95.3 Å². The summed E-state index contributed by atoms with van der Waals surface area (Å²) in [5.74, 6) is 0.757. The first-order valence-electron chi connectivity index (χ1n) is 6.19. The monoisotopic (exact) mass is 216 g/mol. The molecule has 0 aliphatic heterocycles. The molecule has 92 valence electrons. The molecule has 0 aliphatic rings. The van der Waals surface area contributed by atoms with Crippen LogP contribution in [-0.2, 0) is 9.47 Å². The summed E-state index contributed by atoms with van der Waals surface area (Å²) in [6.45, 7) is 14.1. The Kier molecular flexibility index (Phi) is 8.07. The first-order valence-corrected chi connectivity index (χ1v) is 6.19. The van der Waals surface area contributed by atoms with Crippen LogP contribution in [0.4, 0.5) is 0 Å². The molecule has 0 atom stereocenters. The highest BCUT2D eigenvalue weighted by Crippen LogP contribution is 2.26. The summed E-state index contributed by atoms with van der Waals surface area (Å²) in [7, 11) is 0. The zero-order chi connectivity index (χ0) is 11.7. The van der Waals surface area contributed by atoms with Crippen LogP contribution in [0.25, 0.3) is 0 Å². The van der Waals surface area contributed by atoms with Gasteiger partial charge in [0, 0.05) is 18.6 Å². The summed E-state index contributed by atoms with van der Waals surface area (Å²) in [5, 5.41) is 0. The van der Waals surface area contributed by atoms with Crippen molar-refractivity contribution in [3.05, 3.63) is 0 Å². The Bertz CT molecular complexity index is 135. The van der Waals surface area contributed by atoms with Crippen molar-refractivity contribution in [2.24, 2.45) is 11.3 Å². The molecule has 2 heteroatoms. The van der Waals surface area contributed by atoms with Gasteiger partial charge in [-0.2, -0.15) is 0 Å². The van der Waals surface area contributed by atoms with Crippen LogP contribution in [0.3, 0.4) is 0 Å². The number of rotatable bonds is 9. The van der Waals surface area contributed by atoms with Crippen LogP contribution in [-0.4, -0.2) is 26.4 Å². The van der Waals surface area contributed by atoms with Crippen LogP contribution in [0.5, 0.6) is 0 Å². The molecular weight excluding hydrogens is 188 g/mol. The van der Waals surface area contributed by atoms with Gasteiger partial charge in [-0.1, -0.05) is 27.2 Å². The topological polar surface area (TPSA) is 18.5 Å². The van der Waals surface area contributed by atoms with Crippen LogP contribution in [0.15, 0.2) is 0 Å². The number of hydrogen-bond donors (Lipinski definition) is 0. The molecule has 2 nitrogen and oxygen atoms in total. The molecule has 15 heavy (non-hydrogen) atoms. The van der Waals surface area contributed by atoms with Crippen LogP contribution in [0, 0.1) is 11.3 Å². The second-order valence-corrected chi connectivity index (χ2v) is 5.02. The van der Waals surface area contributed by atoms with Gasteiger partial charge in [-0.15, -0.1) is 0 Å². The zero-order valence-electron chi connectivity index (χ0n) is 11.1. The van der Waals surface area contributed by atoms with E-state index in [2.05, 4.69) is 20.8 Å². The largest absolute Gasteiger partial charge is 0.381 e. The minimum absolute atomic E-state index is 0.191. The Morgan fingerprint density at radius 2 is 1.47 bits per heavy atom. The maximum absolute atomic E-state index is 5.55. The van der Waals surface area contributed by atoms with Crippen LogP contribution < -0.4 is 0 Å². The van der Waals surface area contributed by atoms with Crippen LogP contribution in [0.2, 0.25) is 0 Å². The van der Waals surface area contributed by atoms with Gasteiger partial charge in [-0.05, 0) is 26.2 Å².